The van der Waals surface area contributed by atoms with Crippen molar-refractivity contribution in [3.63, 3.8) is 0 Å². The number of carbonyl (C=O) groups excluding carboxylic acids is 2. The minimum absolute atomic E-state index is 0. The van der Waals surface area contributed by atoms with Crippen LogP contribution in [0.1, 0.15) is 20.3 Å². The molecule has 0 bridgehead atoms. The zero-order valence-electron chi connectivity index (χ0n) is 11.1. The maximum atomic E-state index is 10.8. The van der Waals surface area contributed by atoms with E-state index in [1.54, 1.807) is 14.1 Å². The molecule has 1 unspecified atom stereocenters. The molecule has 17 heavy (non-hydrogen) atoms. The van der Waals surface area contributed by atoms with E-state index in [9.17, 15) is 9.59 Å². The molecule has 2 radical (unpaired) electrons. The van der Waals surface area contributed by atoms with E-state index in [-0.39, 0.29) is 61.5 Å². The van der Waals surface area contributed by atoms with Gasteiger partial charge in [-0.3, -0.25) is 9.59 Å². The van der Waals surface area contributed by atoms with Crippen LogP contribution in [-0.2, 0) is 51.4 Å². The van der Waals surface area contributed by atoms with Gasteiger partial charge < -0.3 is 15.4 Å². The summed E-state index contributed by atoms with van der Waals surface area (Å²) in [4.78, 5) is 20.7. The Morgan fingerprint density at radius 1 is 1.24 bits per heavy atom. The summed E-state index contributed by atoms with van der Waals surface area (Å²) < 4.78 is 4.45. The fourth-order valence-corrected chi connectivity index (χ4v) is 0.898. The summed E-state index contributed by atoms with van der Waals surface area (Å²) in [6.45, 7) is 3.69. The van der Waals surface area contributed by atoms with Crippen LogP contribution in [0.15, 0.2) is 0 Å². The second-order valence-corrected chi connectivity index (χ2v) is 3.00. The second-order valence-electron chi connectivity index (χ2n) is 3.00. The molecule has 0 spiro atoms. The third kappa shape index (κ3) is 18.8. The molecule has 7 heteroatoms. The standard InChI is InChI=1S/C6H14N2O.C4H8O2.2V/c1-4-5(7-2)6(9)8-3;1-4(5)3-6-2;;/h5,7H,4H2,1-3H3,(H,8,9);3H2,1-2H3;;. The molecule has 0 fully saturated rings. The van der Waals surface area contributed by atoms with Gasteiger partial charge in [0.15, 0.2) is 5.78 Å². The van der Waals surface area contributed by atoms with Gasteiger partial charge in [0, 0.05) is 51.3 Å². The SMILES string of the molecule is CCC(NC)C(=O)NC.COCC(C)=O.[V].[V]. The number of hydrogen-bond acceptors (Lipinski definition) is 4. The third-order valence-corrected chi connectivity index (χ3v) is 1.67. The largest absolute Gasteiger partial charge is 0.377 e. The molecule has 100 valence electrons. The normalized spacial score (nSPS) is 9.71. The molecule has 0 saturated heterocycles. The van der Waals surface area contributed by atoms with Gasteiger partial charge in [-0.2, -0.15) is 0 Å². The van der Waals surface area contributed by atoms with Crippen molar-refractivity contribution in [1.29, 1.82) is 0 Å². The molecule has 0 aromatic carbocycles. The number of methoxy groups -OCH3 is 1. The maximum absolute atomic E-state index is 10.8. The van der Waals surface area contributed by atoms with Crippen LogP contribution in [0.5, 0.6) is 0 Å². The van der Waals surface area contributed by atoms with E-state index in [1.807, 2.05) is 6.92 Å². The van der Waals surface area contributed by atoms with Crippen LogP contribution < -0.4 is 10.6 Å². The van der Waals surface area contributed by atoms with Gasteiger partial charge in [-0.1, -0.05) is 6.92 Å². The van der Waals surface area contributed by atoms with Gasteiger partial charge in [-0.05, 0) is 20.4 Å². The molecule has 0 aromatic heterocycles. The van der Waals surface area contributed by atoms with Gasteiger partial charge in [0.1, 0.15) is 6.61 Å². The van der Waals surface area contributed by atoms with Crippen LogP contribution in [0.2, 0.25) is 0 Å². The van der Waals surface area contributed by atoms with E-state index in [4.69, 9.17) is 0 Å². The molecule has 0 aromatic rings. The first-order valence-corrected chi connectivity index (χ1v) is 4.90. The van der Waals surface area contributed by atoms with E-state index in [0.29, 0.717) is 0 Å². The van der Waals surface area contributed by atoms with Crippen molar-refractivity contribution in [2.45, 2.75) is 26.3 Å². The predicted molar refractivity (Wildman–Crippen MR) is 59.8 cm³/mol. The number of amides is 1. The Bertz CT molecular complexity index is 188. The molecule has 0 rings (SSSR count). The second kappa shape index (κ2) is 18.6. The maximum Gasteiger partial charge on any atom is 0.236 e. The van der Waals surface area contributed by atoms with Crippen LogP contribution in [-0.4, -0.2) is 45.5 Å². The van der Waals surface area contributed by atoms with E-state index < -0.39 is 0 Å². The number of ketones is 1. The number of Topliss-reactive ketones (excluding diaryl/α,β-unsaturated/α-hetero) is 1. The molecular weight excluding hydrogens is 298 g/mol. The molecule has 1 atom stereocenters. The summed E-state index contributed by atoms with van der Waals surface area (Å²) in [5.74, 6) is 0.123. The molecule has 0 aliphatic carbocycles. The van der Waals surface area contributed by atoms with E-state index in [2.05, 4.69) is 15.4 Å². The summed E-state index contributed by atoms with van der Waals surface area (Å²) in [6.07, 6.45) is 0.830. The van der Waals surface area contributed by atoms with Crippen LogP contribution in [0.3, 0.4) is 0 Å². The summed E-state index contributed by atoms with van der Waals surface area (Å²) in [7, 11) is 4.92. The van der Waals surface area contributed by atoms with Crippen molar-refractivity contribution >= 4 is 11.7 Å². The van der Waals surface area contributed by atoms with Crippen LogP contribution in [0.25, 0.3) is 0 Å². The minimum Gasteiger partial charge on any atom is -0.377 e. The molecule has 2 N–H and O–H groups in total. The minimum atomic E-state index is -0.0324. The smallest absolute Gasteiger partial charge is 0.236 e. The van der Waals surface area contributed by atoms with Gasteiger partial charge in [-0.25, -0.2) is 0 Å². The van der Waals surface area contributed by atoms with Crippen molar-refractivity contribution in [3.05, 3.63) is 0 Å². The van der Waals surface area contributed by atoms with E-state index in [0.717, 1.165) is 6.42 Å². The van der Waals surface area contributed by atoms with Gasteiger partial charge in [-0.15, -0.1) is 0 Å². The fraction of sp³-hybridized carbons (Fsp3) is 0.800. The van der Waals surface area contributed by atoms with Crippen molar-refractivity contribution in [3.8, 4) is 0 Å². The number of ether oxygens (including phenoxy) is 1. The summed E-state index contributed by atoms with van der Waals surface area (Å²) in [6, 6.07) is -0.0324. The Balaban J connectivity index is -0.0000000945. The van der Waals surface area contributed by atoms with Crippen LogP contribution >= 0.6 is 0 Å². The van der Waals surface area contributed by atoms with Crippen molar-refractivity contribution in [2.75, 3.05) is 27.8 Å². The number of hydrogen-bond donors (Lipinski definition) is 2. The number of rotatable bonds is 5. The Kier molecular flexibility index (Phi) is 28.4. The van der Waals surface area contributed by atoms with Gasteiger partial charge in [0.05, 0.1) is 6.04 Å². The molecule has 0 aliphatic heterocycles. The van der Waals surface area contributed by atoms with Crippen molar-refractivity contribution in [2.24, 2.45) is 0 Å². The Morgan fingerprint density at radius 3 is 1.76 bits per heavy atom. The first-order valence-electron chi connectivity index (χ1n) is 4.90. The predicted octanol–water partition coefficient (Wildman–Crippen LogP) is -0.0528. The number of nitrogens with one attached hydrogen (secondary N) is 2. The first-order chi connectivity index (χ1) is 7.03. The molecule has 5 nitrogen and oxygen atoms in total. The van der Waals surface area contributed by atoms with Crippen LogP contribution in [0, 0.1) is 0 Å². The molecule has 0 heterocycles. The topological polar surface area (TPSA) is 67.4 Å². The van der Waals surface area contributed by atoms with E-state index >= 15 is 0 Å². The Morgan fingerprint density at radius 2 is 1.71 bits per heavy atom. The summed E-state index contributed by atoms with van der Waals surface area (Å²) in [5, 5.41) is 5.46. The Labute approximate surface area is 128 Å². The zero-order valence-corrected chi connectivity index (χ0v) is 13.9. The quantitative estimate of drug-likeness (QED) is 0.745. The average molecular weight is 320 g/mol. The van der Waals surface area contributed by atoms with Crippen molar-refractivity contribution < 1.29 is 51.4 Å². The van der Waals surface area contributed by atoms with Crippen LogP contribution in [0.4, 0.5) is 0 Å². The fourth-order valence-electron chi connectivity index (χ4n) is 0.898. The van der Waals surface area contributed by atoms with Gasteiger partial charge >= 0.3 is 0 Å². The molecule has 0 aliphatic rings. The number of likely N-dealkylation sites (N-methyl/N-ethyl adjacent to an activating group) is 2. The third-order valence-electron chi connectivity index (χ3n) is 1.67. The van der Waals surface area contributed by atoms with Gasteiger partial charge in [0.25, 0.3) is 0 Å². The summed E-state index contributed by atoms with van der Waals surface area (Å²) in [5.41, 5.74) is 0. The van der Waals surface area contributed by atoms with E-state index in [1.165, 1.54) is 14.0 Å². The Hall–Kier alpha value is 0.229. The molecule has 1 amide bonds. The molecule has 0 saturated carbocycles. The first kappa shape index (κ1) is 25.9. The monoisotopic (exact) mass is 320 g/mol. The van der Waals surface area contributed by atoms with Gasteiger partial charge in [0.2, 0.25) is 5.91 Å². The average Bonchev–Trinajstić information content (AvgIpc) is 2.20. The number of carbonyl (C=O) groups is 2. The zero-order chi connectivity index (χ0) is 12.3. The summed E-state index contributed by atoms with van der Waals surface area (Å²) >= 11 is 0. The van der Waals surface area contributed by atoms with Crippen molar-refractivity contribution in [1.82, 2.24) is 10.6 Å². The molecular formula is C10H22N2O3V2.